The molecule has 1 aromatic rings. The third-order valence-electron chi connectivity index (χ3n) is 2.21. The number of nitriles is 1. The number of alkyl halides is 5. The van der Waals surface area contributed by atoms with Gasteiger partial charge in [0.1, 0.15) is 11.8 Å². The first-order valence-corrected chi connectivity index (χ1v) is 4.97. The fraction of sp³-hybridized carbons (Fsp3) is 0.273. The quantitative estimate of drug-likeness (QED) is 0.867. The minimum Gasteiger partial charge on any atom is -0.481 e. The maximum atomic E-state index is 12.7. The van der Waals surface area contributed by atoms with Gasteiger partial charge in [-0.3, -0.25) is 4.79 Å². The van der Waals surface area contributed by atoms with E-state index in [-0.39, 0.29) is 0 Å². The molecule has 9 heteroatoms. The molecule has 0 saturated heterocycles. The summed E-state index contributed by atoms with van der Waals surface area (Å²) in [5.41, 5.74) is -2.39. The van der Waals surface area contributed by atoms with E-state index < -0.39 is 47.6 Å². The number of nitrogens with zero attached hydrogens (tertiary/aromatic N) is 1. The van der Waals surface area contributed by atoms with Gasteiger partial charge in [0, 0.05) is 5.56 Å². The molecule has 0 aliphatic carbocycles. The molecule has 0 spiro atoms. The molecule has 1 N–H and O–H groups in total. The summed E-state index contributed by atoms with van der Waals surface area (Å²) < 4.78 is 65.3. The van der Waals surface area contributed by atoms with Crippen molar-refractivity contribution in [3.63, 3.8) is 0 Å². The lowest BCUT2D eigenvalue weighted by atomic mass is 9.98. The number of aliphatic carboxylic acids is 1. The molecule has 0 aliphatic heterocycles. The van der Waals surface area contributed by atoms with Crippen molar-refractivity contribution >= 4 is 5.97 Å². The molecule has 0 saturated carbocycles. The van der Waals surface area contributed by atoms with E-state index >= 15 is 0 Å². The topological polar surface area (TPSA) is 70.3 Å². The Morgan fingerprint density at radius 2 is 2.00 bits per heavy atom. The average molecular weight is 295 g/mol. The standard InChI is InChI=1S/C11H6F5NO3/c12-10(13)5-1-2-8(20-11(14,15)16)7(4-17)6(5)3-9(18)19/h1-2,10H,3H2,(H,18,19). The van der Waals surface area contributed by atoms with Gasteiger partial charge in [0.25, 0.3) is 6.43 Å². The van der Waals surface area contributed by atoms with Gasteiger partial charge in [0.15, 0.2) is 0 Å². The van der Waals surface area contributed by atoms with Gasteiger partial charge in [-0.2, -0.15) is 5.26 Å². The molecule has 0 heterocycles. The van der Waals surface area contributed by atoms with Gasteiger partial charge in [-0.25, -0.2) is 8.78 Å². The number of halogens is 5. The van der Waals surface area contributed by atoms with Gasteiger partial charge in [-0.15, -0.1) is 13.2 Å². The Balaban J connectivity index is 3.44. The van der Waals surface area contributed by atoms with Crippen molar-refractivity contribution in [2.75, 3.05) is 0 Å². The lowest BCUT2D eigenvalue weighted by molar-refractivity contribution is -0.274. The molecule has 0 aromatic heterocycles. The second-order valence-corrected chi connectivity index (χ2v) is 3.54. The summed E-state index contributed by atoms with van der Waals surface area (Å²) in [4.78, 5) is 10.6. The molecule has 108 valence electrons. The van der Waals surface area contributed by atoms with Crippen LogP contribution < -0.4 is 4.74 Å². The van der Waals surface area contributed by atoms with Crippen LogP contribution in [-0.4, -0.2) is 17.4 Å². The Morgan fingerprint density at radius 3 is 2.40 bits per heavy atom. The molecule has 0 amide bonds. The monoisotopic (exact) mass is 295 g/mol. The number of hydrogen-bond donors (Lipinski definition) is 1. The first-order chi connectivity index (χ1) is 9.15. The Bertz CT molecular complexity index is 562. The molecular weight excluding hydrogens is 289 g/mol. The van der Waals surface area contributed by atoms with Crippen molar-refractivity contribution < 1.29 is 36.6 Å². The van der Waals surface area contributed by atoms with E-state index in [0.717, 1.165) is 0 Å². The number of ether oxygens (including phenoxy) is 1. The van der Waals surface area contributed by atoms with Gasteiger partial charge in [-0.1, -0.05) is 0 Å². The van der Waals surface area contributed by atoms with Crippen molar-refractivity contribution in [1.29, 1.82) is 5.26 Å². The SMILES string of the molecule is N#Cc1c(OC(F)(F)F)ccc(C(F)F)c1CC(=O)O. The van der Waals surface area contributed by atoms with E-state index in [0.29, 0.717) is 12.1 Å². The Kier molecular flexibility index (Phi) is 4.49. The molecule has 0 unspecified atom stereocenters. The number of rotatable bonds is 4. The summed E-state index contributed by atoms with van der Waals surface area (Å²) in [5.74, 6) is -2.58. The summed E-state index contributed by atoms with van der Waals surface area (Å²) in [6.45, 7) is 0. The number of benzene rings is 1. The van der Waals surface area contributed by atoms with Gasteiger partial charge in [-0.05, 0) is 17.7 Å². The predicted octanol–water partition coefficient (Wildman–Crippen LogP) is 3.02. The molecular formula is C11H6F5NO3. The van der Waals surface area contributed by atoms with Gasteiger partial charge >= 0.3 is 12.3 Å². The third kappa shape index (κ3) is 3.81. The van der Waals surface area contributed by atoms with E-state index in [1.165, 1.54) is 6.07 Å². The van der Waals surface area contributed by atoms with Gasteiger partial charge in [0.05, 0.1) is 12.0 Å². The van der Waals surface area contributed by atoms with Crippen LogP contribution in [-0.2, 0) is 11.2 Å². The third-order valence-corrected chi connectivity index (χ3v) is 2.21. The molecule has 0 atom stereocenters. The van der Waals surface area contributed by atoms with Gasteiger partial charge in [0.2, 0.25) is 0 Å². The summed E-state index contributed by atoms with van der Waals surface area (Å²) >= 11 is 0. The second-order valence-electron chi connectivity index (χ2n) is 3.54. The molecule has 4 nitrogen and oxygen atoms in total. The van der Waals surface area contributed by atoms with Crippen LogP contribution in [0.1, 0.15) is 23.1 Å². The normalized spacial score (nSPS) is 11.2. The second kappa shape index (κ2) is 5.73. The number of carboxylic acid groups (broad SMARTS) is 1. The molecule has 1 aromatic carbocycles. The van der Waals surface area contributed by atoms with Crippen molar-refractivity contribution in [2.45, 2.75) is 19.2 Å². The number of hydrogen-bond acceptors (Lipinski definition) is 3. The zero-order valence-corrected chi connectivity index (χ0v) is 9.54. The van der Waals surface area contributed by atoms with E-state index in [1.807, 2.05) is 0 Å². The molecule has 0 aliphatic rings. The molecule has 20 heavy (non-hydrogen) atoms. The van der Waals surface area contributed by atoms with Crippen LogP contribution in [0.15, 0.2) is 12.1 Å². The van der Waals surface area contributed by atoms with Crippen LogP contribution >= 0.6 is 0 Å². The smallest absolute Gasteiger partial charge is 0.481 e. The van der Waals surface area contributed by atoms with Crippen LogP contribution in [0.4, 0.5) is 22.0 Å². The van der Waals surface area contributed by atoms with Gasteiger partial charge < -0.3 is 9.84 Å². The molecule has 1 rings (SSSR count). The summed E-state index contributed by atoms with van der Waals surface area (Å²) in [5, 5.41) is 17.4. The maximum Gasteiger partial charge on any atom is 0.573 e. The Labute approximate surface area is 109 Å². The van der Waals surface area contributed by atoms with Crippen LogP contribution in [0, 0.1) is 11.3 Å². The largest absolute Gasteiger partial charge is 0.573 e. The van der Waals surface area contributed by atoms with Crippen LogP contribution in [0.25, 0.3) is 0 Å². The average Bonchev–Trinajstić information content (AvgIpc) is 2.25. The minimum atomic E-state index is -5.13. The lowest BCUT2D eigenvalue weighted by Gasteiger charge is -2.15. The zero-order valence-electron chi connectivity index (χ0n) is 9.54. The fourth-order valence-corrected chi connectivity index (χ4v) is 1.52. The highest BCUT2D eigenvalue weighted by Gasteiger charge is 2.33. The maximum absolute atomic E-state index is 12.7. The summed E-state index contributed by atoms with van der Waals surface area (Å²) in [6, 6.07) is 2.42. The predicted molar refractivity (Wildman–Crippen MR) is 54.1 cm³/mol. The lowest BCUT2D eigenvalue weighted by Crippen LogP contribution is -2.19. The molecule has 0 radical (unpaired) electrons. The van der Waals surface area contributed by atoms with Crippen LogP contribution in [0.5, 0.6) is 5.75 Å². The van der Waals surface area contributed by atoms with Crippen molar-refractivity contribution in [1.82, 2.24) is 0 Å². The van der Waals surface area contributed by atoms with Crippen LogP contribution in [0.3, 0.4) is 0 Å². The fourth-order valence-electron chi connectivity index (χ4n) is 1.52. The molecule has 0 fully saturated rings. The van der Waals surface area contributed by atoms with E-state index in [1.54, 1.807) is 0 Å². The van der Waals surface area contributed by atoms with E-state index in [9.17, 15) is 26.7 Å². The first-order valence-electron chi connectivity index (χ1n) is 4.97. The number of carboxylic acids is 1. The highest BCUT2D eigenvalue weighted by atomic mass is 19.4. The van der Waals surface area contributed by atoms with Crippen molar-refractivity contribution in [3.05, 3.63) is 28.8 Å². The van der Waals surface area contributed by atoms with Crippen molar-refractivity contribution in [3.8, 4) is 11.8 Å². The van der Waals surface area contributed by atoms with E-state index in [2.05, 4.69) is 4.74 Å². The summed E-state index contributed by atoms with van der Waals surface area (Å²) in [7, 11) is 0. The van der Waals surface area contributed by atoms with Crippen molar-refractivity contribution in [2.24, 2.45) is 0 Å². The minimum absolute atomic E-state index is 0.554. The Hall–Kier alpha value is -2.37. The zero-order chi connectivity index (χ0) is 15.5. The molecule has 0 bridgehead atoms. The summed E-state index contributed by atoms with van der Waals surface area (Å²) in [6.07, 6.45) is -9.27. The first kappa shape index (κ1) is 15.7. The highest BCUT2D eigenvalue weighted by molar-refractivity contribution is 5.73. The van der Waals surface area contributed by atoms with E-state index in [4.69, 9.17) is 10.4 Å². The number of carbonyl (C=O) groups is 1. The Morgan fingerprint density at radius 1 is 1.40 bits per heavy atom. The van der Waals surface area contributed by atoms with Crippen LogP contribution in [0.2, 0.25) is 0 Å². The highest BCUT2D eigenvalue weighted by Crippen LogP contribution is 2.34.